The molecule has 0 amide bonds. The van der Waals surface area contributed by atoms with Crippen molar-refractivity contribution < 1.29 is 12.9 Å². The highest BCUT2D eigenvalue weighted by molar-refractivity contribution is 7.92. The molecule has 6 nitrogen and oxygen atoms in total. The highest BCUT2D eigenvalue weighted by atomic mass is 32.2. The van der Waals surface area contributed by atoms with E-state index in [0.717, 1.165) is 0 Å². The van der Waals surface area contributed by atoms with E-state index in [0.29, 0.717) is 5.82 Å². The van der Waals surface area contributed by atoms with Crippen LogP contribution in [0.15, 0.2) is 4.52 Å². The molecule has 86 valence electrons. The summed E-state index contributed by atoms with van der Waals surface area (Å²) >= 11 is 0. The minimum Gasteiger partial charge on any atom is -0.336 e. The summed E-state index contributed by atoms with van der Waals surface area (Å²) in [5.41, 5.74) is 0. The Balaban J connectivity index is 2.65. The number of nitrogens with zero attached hydrogens (tertiary/aromatic N) is 2. The van der Waals surface area contributed by atoms with Gasteiger partial charge in [-0.1, -0.05) is 5.16 Å². The molecule has 0 spiro atoms. The van der Waals surface area contributed by atoms with Gasteiger partial charge in [0.25, 0.3) is 0 Å². The van der Waals surface area contributed by atoms with E-state index in [-0.39, 0.29) is 12.6 Å². The number of aromatic nitrogens is 2. The summed E-state index contributed by atoms with van der Waals surface area (Å²) in [6.45, 7) is 5.20. The fourth-order valence-electron chi connectivity index (χ4n) is 0.788. The molecule has 0 radical (unpaired) electrons. The van der Waals surface area contributed by atoms with Gasteiger partial charge in [0.2, 0.25) is 0 Å². The molecule has 1 aromatic heterocycles. The van der Waals surface area contributed by atoms with Gasteiger partial charge in [-0.2, -0.15) is 4.98 Å². The molecule has 0 saturated carbocycles. The molecule has 0 aliphatic heterocycles. The highest BCUT2D eigenvalue weighted by Crippen LogP contribution is 2.15. The van der Waals surface area contributed by atoms with Gasteiger partial charge in [0.05, 0.1) is 4.75 Å². The van der Waals surface area contributed by atoms with Crippen LogP contribution in [0.3, 0.4) is 0 Å². The number of nitrogens with one attached hydrogen (secondary N) is 1. The smallest absolute Gasteiger partial charge is 0.321 e. The second-order valence-corrected chi connectivity index (χ2v) is 6.68. The third-order valence-electron chi connectivity index (χ3n) is 2.20. The molecule has 15 heavy (non-hydrogen) atoms. The second-order valence-electron chi connectivity index (χ2n) is 4.03. The molecule has 7 heteroatoms. The van der Waals surface area contributed by atoms with Crippen LogP contribution in [0.5, 0.6) is 0 Å². The first kappa shape index (κ1) is 12.0. The molecule has 1 rings (SSSR count). The van der Waals surface area contributed by atoms with Crippen LogP contribution in [0.2, 0.25) is 0 Å². The zero-order valence-electron chi connectivity index (χ0n) is 9.23. The molecule has 1 N–H and O–H groups in total. The van der Waals surface area contributed by atoms with Gasteiger partial charge in [-0.3, -0.25) is 0 Å². The van der Waals surface area contributed by atoms with Crippen LogP contribution in [-0.4, -0.2) is 36.1 Å². The standard InChI is InChI=1S/C8H15N3O3S/c1-6-10-7(14-11-6)9-5-8(2,3)15(4,12)13/h5H2,1-4H3,(H,9,10,11). The monoisotopic (exact) mass is 233 g/mol. The van der Waals surface area contributed by atoms with Gasteiger partial charge in [0, 0.05) is 12.8 Å². The Morgan fingerprint density at radius 2 is 2.07 bits per heavy atom. The molecular formula is C8H15N3O3S. The maximum atomic E-state index is 11.4. The minimum absolute atomic E-state index is 0.230. The van der Waals surface area contributed by atoms with E-state index >= 15 is 0 Å². The van der Waals surface area contributed by atoms with Crippen LogP contribution in [0, 0.1) is 6.92 Å². The molecule has 0 saturated heterocycles. The van der Waals surface area contributed by atoms with Gasteiger partial charge in [0.15, 0.2) is 15.7 Å². The lowest BCUT2D eigenvalue weighted by atomic mass is 10.2. The van der Waals surface area contributed by atoms with Crippen LogP contribution in [-0.2, 0) is 9.84 Å². The molecule has 1 heterocycles. The Hall–Kier alpha value is -1.11. The molecule has 0 fully saturated rings. The summed E-state index contributed by atoms with van der Waals surface area (Å²) < 4.78 is 26.7. The number of hydrogen-bond acceptors (Lipinski definition) is 6. The molecule has 0 aliphatic carbocycles. The predicted octanol–water partition coefficient (Wildman–Crippen LogP) is 0.613. The zero-order chi connectivity index (χ0) is 11.7. The van der Waals surface area contributed by atoms with Gasteiger partial charge >= 0.3 is 6.01 Å². The van der Waals surface area contributed by atoms with E-state index in [1.54, 1.807) is 20.8 Å². The van der Waals surface area contributed by atoms with Crippen molar-refractivity contribution in [3.8, 4) is 0 Å². The number of sulfone groups is 1. The summed E-state index contributed by atoms with van der Waals surface area (Å²) in [6.07, 6.45) is 1.20. The van der Waals surface area contributed by atoms with Crippen molar-refractivity contribution in [3.63, 3.8) is 0 Å². The van der Waals surface area contributed by atoms with Crippen molar-refractivity contribution in [2.45, 2.75) is 25.5 Å². The lowest BCUT2D eigenvalue weighted by Gasteiger charge is -2.21. The van der Waals surface area contributed by atoms with Crippen LogP contribution in [0.4, 0.5) is 6.01 Å². The lowest BCUT2D eigenvalue weighted by Crippen LogP contribution is -2.38. The maximum absolute atomic E-state index is 11.4. The summed E-state index contributed by atoms with van der Waals surface area (Å²) in [7, 11) is -3.12. The van der Waals surface area contributed by atoms with E-state index in [9.17, 15) is 8.42 Å². The Bertz CT molecular complexity index is 436. The average Bonchev–Trinajstić information content (AvgIpc) is 2.46. The fraction of sp³-hybridized carbons (Fsp3) is 0.750. The number of aryl methyl sites for hydroxylation is 1. The highest BCUT2D eigenvalue weighted by Gasteiger charge is 2.30. The Labute approximate surface area is 89.0 Å². The van der Waals surface area contributed by atoms with Crippen molar-refractivity contribution in [2.75, 3.05) is 18.1 Å². The average molecular weight is 233 g/mol. The minimum atomic E-state index is -3.12. The van der Waals surface area contributed by atoms with Gasteiger partial charge in [-0.15, -0.1) is 0 Å². The van der Waals surface area contributed by atoms with Crippen LogP contribution < -0.4 is 5.32 Å². The van der Waals surface area contributed by atoms with Gasteiger partial charge in [0.1, 0.15) is 0 Å². The first-order valence-electron chi connectivity index (χ1n) is 4.46. The summed E-state index contributed by atoms with van der Waals surface area (Å²) in [6, 6.07) is 0.240. The van der Waals surface area contributed by atoms with Crippen molar-refractivity contribution in [1.82, 2.24) is 10.1 Å². The topological polar surface area (TPSA) is 85.1 Å². The van der Waals surface area contributed by atoms with Gasteiger partial charge in [-0.25, -0.2) is 8.42 Å². The van der Waals surface area contributed by atoms with Crippen molar-refractivity contribution in [2.24, 2.45) is 0 Å². The van der Waals surface area contributed by atoms with Crippen LogP contribution >= 0.6 is 0 Å². The van der Waals surface area contributed by atoms with Crippen LogP contribution in [0.1, 0.15) is 19.7 Å². The van der Waals surface area contributed by atoms with E-state index in [2.05, 4.69) is 15.5 Å². The summed E-state index contributed by atoms with van der Waals surface area (Å²) in [5.74, 6) is 0.509. The maximum Gasteiger partial charge on any atom is 0.321 e. The molecular weight excluding hydrogens is 218 g/mol. The van der Waals surface area contributed by atoms with E-state index < -0.39 is 14.6 Å². The van der Waals surface area contributed by atoms with E-state index in [1.165, 1.54) is 6.26 Å². The van der Waals surface area contributed by atoms with E-state index in [1.807, 2.05) is 0 Å². The molecule has 0 bridgehead atoms. The Morgan fingerprint density at radius 3 is 2.47 bits per heavy atom. The molecule has 1 aromatic rings. The molecule has 0 unspecified atom stereocenters. The van der Waals surface area contributed by atoms with E-state index in [4.69, 9.17) is 4.52 Å². The Morgan fingerprint density at radius 1 is 1.47 bits per heavy atom. The fourth-order valence-corrected chi connectivity index (χ4v) is 1.12. The zero-order valence-corrected chi connectivity index (χ0v) is 10.1. The normalized spacial score (nSPS) is 12.8. The number of hydrogen-bond donors (Lipinski definition) is 1. The number of rotatable bonds is 4. The first-order chi connectivity index (χ1) is 6.72. The SMILES string of the molecule is Cc1noc(NCC(C)(C)S(C)(=O)=O)n1. The predicted molar refractivity (Wildman–Crippen MR) is 56.4 cm³/mol. The third-order valence-corrected chi connectivity index (χ3v) is 4.35. The van der Waals surface area contributed by atoms with Crippen LogP contribution in [0.25, 0.3) is 0 Å². The Kier molecular flexibility index (Phi) is 3.03. The molecule has 0 aromatic carbocycles. The van der Waals surface area contributed by atoms with Gasteiger partial charge < -0.3 is 9.84 Å². The van der Waals surface area contributed by atoms with Crippen molar-refractivity contribution in [3.05, 3.63) is 5.82 Å². The number of anilines is 1. The van der Waals surface area contributed by atoms with Gasteiger partial charge in [-0.05, 0) is 20.8 Å². The second kappa shape index (κ2) is 3.80. The third kappa shape index (κ3) is 2.92. The van der Waals surface area contributed by atoms with Crippen molar-refractivity contribution in [1.29, 1.82) is 0 Å². The quantitative estimate of drug-likeness (QED) is 0.820. The van der Waals surface area contributed by atoms with Crippen molar-refractivity contribution >= 4 is 15.9 Å². The summed E-state index contributed by atoms with van der Waals surface area (Å²) in [5, 5.41) is 6.37. The molecule has 0 atom stereocenters. The lowest BCUT2D eigenvalue weighted by molar-refractivity contribution is 0.423. The largest absolute Gasteiger partial charge is 0.336 e. The summed E-state index contributed by atoms with van der Waals surface area (Å²) in [4.78, 5) is 3.91. The first-order valence-corrected chi connectivity index (χ1v) is 6.35. The molecule has 0 aliphatic rings.